The van der Waals surface area contributed by atoms with E-state index in [2.05, 4.69) is 23.4 Å². The second-order valence-electron chi connectivity index (χ2n) is 4.48. The summed E-state index contributed by atoms with van der Waals surface area (Å²) in [6.45, 7) is 5.06. The van der Waals surface area contributed by atoms with E-state index in [1.54, 1.807) is 0 Å². The average molecular weight is 227 g/mol. The summed E-state index contributed by atoms with van der Waals surface area (Å²) in [4.78, 5) is 15.7. The molecule has 0 unspecified atom stereocenters. The molecule has 0 saturated heterocycles. The van der Waals surface area contributed by atoms with Crippen LogP contribution in [0.1, 0.15) is 31.8 Å². The first-order valence-electron chi connectivity index (χ1n) is 5.33. The number of hydrogen-bond acceptors (Lipinski definition) is 2. The van der Waals surface area contributed by atoms with E-state index >= 15 is 0 Å². The van der Waals surface area contributed by atoms with Crippen LogP contribution in [-0.4, -0.2) is 15.3 Å². The van der Waals surface area contributed by atoms with Crippen LogP contribution in [-0.2, 0) is 24.2 Å². The minimum atomic E-state index is 0.264. The fraction of sp³-hybridized carbons (Fsp3) is 0.636. The zero-order valence-electron chi connectivity index (χ0n) is 9.09. The summed E-state index contributed by atoms with van der Waals surface area (Å²) < 4.78 is 2.11. The molecule has 0 bridgehead atoms. The molecule has 82 valence electrons. The van der Waals surface area contributed by atoms with E-state index in [-0.39, 0.29) is 5.78 Å². The van der Waals surface area contributed by atoms with Crippen LogP contribution in [0.4, 0.5) is 0 Å². The number of rotatable bonds is 2. The molecule has 0 aromatic carbocycles. The molecule has 0 fully saturated rings. The fourth-order valence-electron chi connectivity index (χ4n) is 1.97. The number of hydrogen-bond donors (Lipinski definition) is 0. The number of ketones is 1. The highest BCUT2D eigenvalue weighted by atomic mass is 35.5. The van der Waals surface area contributed by atoms with Gasteiger partial charge < -0.3 is 4.57 Å². The highest BCUT2D eigenvalue weighted by Gasteiger charge is 2.23. The SMILES string of the molecule is CC(C)Cc1nc(Cl)c2n1CCC(=O)C2. The summed E-state index contributed by atoms with van der Waals surface area (Å²) >= 11 is 6.03. The van der Waals surface area contributed by atoms with E-state index in [0.29, 0.717) is 23.9 Å². The molecule has 1 aromatic heterocycles. The lowest BCUT2D eigenvalue weighted by Crippen LogP contribution is -2.20. The van der Waals surface area contributed by atoms with E-state index in [4.69, 9.17) is 11.6 Å². The largest absolute Gasteiger partial charge is 0.330 e. The summed E-state index contributed by atoms with van der Waals surface area (Å²) in [6, 6.07) is 0. The molecule has 0 aliphatic carbocycles. The van der Waals surface area contributed by atoms with Crippen LogP contribution in [0.3, 0.4) is 0 Å². The zero-order valence-corrected chi connectivity index (χ0v) is 9.84. The normalized spacial score (nSPS) is 15.9. The molecule has 15 heavy (non-hydrogen) atoms. The van der Waals surface area contributed by atoms with Crippen molar-refractivity contribution < 1.29 is 4.79 Å². The van der Waals surface area contributed by atoms with Crippen LogP contribution in [0, 0.1) is 5.92 Å². The van der Waals surface area contributed by atoms with E-state index in [9.17, 15) is 4.79 Å². The van der Waals surface area contributed by atoms with Crippen molar-refractivity contribution >= 4 is 17.4 Å². The van der Waals surface area contributed by atoms with Gasteiger partial charge in [-0.05, 0) is 5.92 Å². The molecule has 0 saturated carbocycles. The van der Waals surface area contributed by atoms with Crippen LogP contribution in [0.5, 0.6) is 0 Å². The van der Waals surface area contributed by atoms with Crippen LogP contribution in [0.25, 0.3) is 0 Å². The van der Waals surface area contributed by atoms with E-state index in [0.717, 1.165) is 24.5 Å². The van der Waals surface area contributed by atoms with Gasteiger partial charge in [0.2, 0.25) is 0 Å². The predicted molar refractivity (Wildman–Crippen MR) is 59.1 cm³/mol. The van der Waals surface area contributed by atoms with Crippen molar-refractivity contribution in [2.45, 2.75) is 39.7 Å². The van der Waals surface area contributed by atoms with Gasteiger partial charge in [-0.25, -0.2) is 4.98 Å². The summed E-state index contributed by atoms with van der Waals surface area (Å²) in [5, 5.41) is 0.513. The van der Waals surface area contributed by atoms with Gasteiger partial charge >= 0.3 is 0 Å². The highest BCUT2D eigenvalue weighted by molar-refractivity contribution is 6.30. The Balaban J connectivity index is 2.34. The number of imidazole rings is 1. The summed E-state index contributed by atoms with van der Waals surface area (Å²) in [5.74, 6) is 1.85. The average Bonchev–Trinajstić information content (AvgIpc) is 2.42. The Bertz CT molecular complexity index is 396. The van der Waals surface area contributed by atoms with Crippen LogP contribution in [0.15, 0.2) is 0 Å². The lowest BCUT2D eigenvalue weighted by molar-refractivity contribution is -0.119. The second kappa shape index (κ2) is 3.97. The van der Waals surface area contributed by atoms with Gasteiger partial charge in [0.15, 0.2) is 5.15 Å². The Morgan fingerprint density at radius 2 is 2.27 bits per heavy atom. The van der Waals surface area contributed by atoms with Crippen molar-refractivity contribution in [3.8, 4) is 0 Å². The molecule has 0 N–H and O–H groups in total. The van der Waals surface area contributed by atoms with Crippen LogP contribution >= 0.6 is 11.6 Å². The third-order valence-corrected chi connectivity index (χ3v) is 2.98. The first-order valence-corrected chi connectivity index (χ1v) is 5.71. The number of halogens is 1. The third-order valence-electron chi connectivity index (χ3n) is 2.67. The number of carbonyl (C=O) groups is 1. The number of aromatic nitrogens is 2. The molecular formula is C11H15ClN2O. The molecular weight excluding hydrogens is 212 g/mol. The minimum absolute atomic E-state index is 0.264. The van der Waals surface area contributed by atoms with Crippen molar-refractivity contribution in [2.24, 2.45) is 5.92 Å². The van der Waals surface area contributed by atoms with Gasteiger partial charge in [0, 0.05) is 25.8 Å². The van der Waals surface area contributed by atoms with Crippen molar-refractivity contribution in [1.29, 1.82) is 0 Å². The summed E-state index contributed by atoms with van der Waals surface area (Å²) in [6.07, 6.45) is 1.99. The topological polar surface area (TPSA) is 34.9 Å². The highest BCUT2D eigenvalue weighted by Crippen LogP contribution is 2.24. The molecule has 0 spiro atoms. The molecule has 2 rings (SSSR count). The van der Waals surface area contributed by atoms with Gasteiger partial charge in [-0.15, -0.1) is 0 Å². The lowest BCUT2D eigenvalue weighted by atomic mass is 10.1. The van der Waals surface area contributed by atoms with Crippen LogP contribution in [0.2, 0.25) is 5.15 Å². The maximum absolute atomic E-state index is 11.3. The summed E-state index contributed by atoms with van der Waals surface area (Å²) in [7, 11) is 0. The van der Waals surface area contributed by atoms with Gasteiger partial charge in [0.25, 0.3) is 0 Å². The summed E-state index contributed by atoms with van der Waals surface area (Å²) in [5.41, 5.74) is 0.906. The van der Waals surface area contributed by atoms with Crippen molar-refractivity contribution in [3.05, 3.63) is 16.7 Å². The first kappa shape index (κ1) is 10.7. The fourth-order valence-corrected chi connectivity index (χ4v) is 2.24. The molecule has 1 aliphatic heterocycles. The van der Waals surface area contributed by atoms with Crippen molar-refractivity contribution in [1.82, 2.24) is 9.55 Å². The van der Waals surface area contributed by atoms with Gasteiger partial charge in [0.1, 0.15) is 11.6 Å². The molecule has 2 heterocycles. The van der Waals surface area contributed by atoms with E-state index in [1.807, 2.05) is 0 Å². The number of nitrogens with zero attached hydrogens (tertiary/aromatic N) is 2. The van der Waals surface area contributed by atoms with Gasteiger partial charge in [-0.1, -0.05) is 25.4 Å². The Morgan fingerprint density at radius 3 is 2.93 bits per heavy atom. The third kappa shape index (κ3) is 2.07. The molecule has 1 aromatic rings. The van der Waals surface area contributed by atoms with Crippen LogP contribution < -0.4 is 0 Å². The standard InChI is InChI=1S/C11H15ClN2O/c1-7(2)5-10-13-11(12)9-6-8(15)3-4-14(9)10/h7H,3-6H2,1-2H3. The van der Waals surface area contributed by atoms with Gasteiger partial charge in [0.05, 0.1) is 5.69 Å². The Labute approximate surface area is 94.4 Å². The first-order chi connectivity index (χ1) is 7.08. The zero-order chi connectivity index (χ0) is 11.0. The molecule has 0 amide bonds. The Morgan fingerprint density at radius 1 is 1.53 bits per heavy atom. The second-order valence-corrected chi connectivity index (χ2v) is 4.84. The van der Waals surface area contributed by atoms with Gasteiger partial charge in [-0.3, -0.25) is 4.79 Å². The quantitative estimate of drug-likeness (QED) is 0.775. The maximum Gasteiger partial charge on any atom is 0.151 e. The van der Waals surface area contributed by atoms with Crippen molar-refractivity contribution in [2.75, 3.05) is 0 Å². The predicted octanol–water partition coefficient (Wildman–Crippen LogP) is 2.25. The lowest BCUT2D eigenvalue weighted by Gasteiger charge is -2.16. The molecule has 0 radical (unpaired) electrons. The Hall–Kier alpha value is -0.830. The monoisotopic (exact) mass is 226 g/mol. The maximum atomic E-state index is 11.3. The van der Waals surface area contributed by atoms with Gasteiger partial charge in [-0.2, -0.15) is 0 Å². The number of carbonyl (C=O) groups excluding carboxylic acids is 1. The number of fused-ring (bicyclic) bond motifs is 1. The molecule has 4 heteroatoms. The van der Waals surface area contributed by atoms with E-state index < -0.39 is 0 Å². The van der Waals surface area contributed by atoms with Crippen molar-refractivity contribution in [3.63, 3.8) is 0 Å². The van der Waals surface area contributed by atoms with E-state index in [1.165, 1.54) is 0 Å². The molecule has 0 atom stereocenters. The Kier molecular flexibility index (Phi) is 2.83. The molecule has 1 aliphatic rings. The molecule has 3 nitrogen and oxygen atoms in total. The minimum Gasteiger partial charge on any atom is -0.330 e. The smallest absolute Gasteiger partial charge is 0.151 e. The number of Topliss-reactive ketones (excluding diaryl/α,β-unsaturated/α-hetero) is 1.